The van der Waals surface area contributed by atoms with E-state index in [-0.39, 0.29) is 5.60 Å². The number of rotatable bonds is 0. The molecule has 0 radical (unpaired) electrons. The van der Waals surface area contributed by atoms with Crippen LogP contribution in [0.2, 0.25) is 0 Å². The standard InChI is InChI=1S/C12H20O2/c1-9-7-12(4-5-13-9)3-2-10-6-11(10)8-14-12/h9-11H,2-8H2,1H3/t9-,10-,11+,12-/m1/s1. The van der Waals surface area contributed by atoms with Gasteiger partial charge in [-0.25, -0.2) is 0 Å². The summed E-state index contributed by atoms with van der Waals surface area (Å²) >= 11 is 0. The summed E-state index contributed by atoms with van der Waals surface area (Å²) in [6, 6.07) is 0. The Morgan fingerprint density at radius 3 is 3.00 bits per heavy atom. The van der Waals surface area contributed by atoms with Gasteiger partial charge in [0.15, 0.2) is 0 Å². The second kappa shape index (κ2) is 3.21. The molecule has 3 aliphatic rings. The van der Waals surface area contributed by atoms with Crippen molar-refractivity contribution < 1.29 is 9.47 Å². The van der Waals surface area contributed by atoms with Crippen molar-refractivity contribution in [3.05, 3.63) is 0 Å². The van der Waals surface area contributed by atoms with Crippen molar-refractivity contribution in [2.24, 2.45) is 11.8 Å². The maximum Gasteiger partial charge on any atom is 0.0729 e. The number of hydrogen-bond donors (Lipinski definition) is 0. The van der Waals surface area contributed by atoms with Gasteiger partial charge in [0.25, 0.3) is 0 Å². The maximum absolute atomic E-state index is 6.18. The molecule has 0 unspecified atom stereocenters. The van der Waals surface area contributed by atoms with Crippen LogP contribution in [0, 0.1) is 11.8 Å². The molecule has 0 bridgehead atoms. The molecule has 2 heteroatoms. The summed E-state index contributed by atoms with van der Waals surface area (Å²) in [4.78, 5) is 0. The Balaban J connectivity index is 1.68. The molecule has 4 atom stereocenters. The molecule has 80 valence electrons. The molecule has 1 spiro atoms. The minimum atomic E-state index is 0.199. The van der Waals surface area contributed by atoms with Crippen LogP contribution >= 0.6 is 0 Å². The monoisotopic (exact) mass is 196 g/mol. The molecule has 2 nitrogen and oxygen atoms in total. The van der Waals surface area contributed by atoms with Gasteiger partial charge in [0, 0.05) is 13.0 Å². The van der Waals surface area contributed by atoms with Gasteiger partial charge in [0.2, 0.25) is 0 Å². The second-order valence-electron chi connectivity index (χ2n) is 5.42. The van der Waals surface area contributed by atoms with Crippen LogP contribution in [0.5, 0.6) is 0 Å². The minimum absolute atomic E-state index is 0.199. The Morgan fingerprint density at radius 2 is 2.14 bits per heavy atom. The Labute approximate surface area is 86.0 Å². The summed E-state index contributed by atoms with van der Waals surface area (Å²) in [5, 5.41) is 0. The molecule has 0 amide bonds. The normalized spacial score (nSPS) is 52.5. The van der Waals surface area contributed by atoms with Crippen LogP contribution in [0.1, 0.15) is 39.0 Å². The van der Waals surface area contributed by atoms with E-state index in [2.05, 4.69) is 6.92 Å². The highest BCUT2D eigenvalue weighted by Gasteiger charge is 2.46. The summed E-state index contributed by atoms with van der Waals surface area (Å²) in [6.45, 7) is 4.10. The van der Waals surface area contributed by atoms with E-state index in [1.807, 2.05) is 0 Å². The van der Waals surface area contributed by atoms with Crippen molar-refractivity contribution in [1.82, 2.24) is 0 Å². The highest BCUT2D eigenvalue weighted by Crippen LogP contribution is 2.49. The molecule has 3 fully saturated rings. The maximum atomic E-state index is 6.18. The molecule has 2 saturated heterocycles. The van der Waals surface area contributed by atoms with Crippen molar-refractivity contribution in [1.29, 1.82) is 0 Å². The van der Waals surface area contributed by atoms with Crippen LogP contribution < -0.4 is 0 Å². The number of hydrogen-bond acceptors (Lipinski definition) is 2. The first-order chi connectivity index (χ1) is 6.77. The van der Waals surface area contributed by atoms with E-state index >= 15 is 0 Å². The van der Waals surface area contributed by atoms with Crippen molar-refractivity contribution in [2.75, 3.05) is 13.2 Å². The zero-order chi connectivity index (χ0) is 9.60. The number of ether oxygens (including phenoxy) is 2. The third kappa shape index (κ3) is 1.59. The van der Waals surface area contributed by atoms with E-state index in [0.29, 0.717) is 6.10 Å². The lowest BCUT2D eigenvalue weighted by molar-refractivity contribution is -0.136. The molecule has 1 aliphatic carbocycles. The highest BCUT2D eigenvalue weighted by atomic mass is 16.5. The molecule has 0 N–H and O–H groups in total. The summed E-state index contributed by atoms with van der Waals surface area (Å²) in [5.41, 5.74) is 0.199. The zero-order valence-electron chi connectivity index (χ0n) is 9.00. The van der Waals surface area contributed by atoms with Crippen molar-refractivity contribution >= 4 is 0 Å². The van der Waals surface area contributed by atoms with Crippen LogP contribution in [-0.2, 0) is 9.47 Å². The molecule has 2 heterocycles. The van der Waals surface area contributed by atoms with Gasteiger partial charge in [-0.15, -0.1) is 0 Å². The highest BCUT2D eigenvalue weighted by molar-refractivity contribution is 4.96. The molecule has 0 aromatic carbocycles. The van der Waals surface area contributed by atoms with Gasteiger partial charge in [-0.1, -0.05) is 0 Å². The molecule has 0 aromatic heterocycles. The van der Waals surface area contributed by atoms with E-state index in [1.54, 1.807) is 0 Å². The van der Waals surface area contributed by atoms with Crippen LogP contribution in [0.4, 0.5) is 0 Å². The van der Waals surface area contributed by atoms with Crippen molar-refractivity contribution in [2.45, 2.75) is 50.7 Å². The van der Waals surface area contributed by atoms with Gasteiger partial charge in [0.1, 0.15) is 0 Å². The fourth-order valence-electron chi connectivity index (χ4n) is 3.16. The van der Waals surface area contributed by atoms with Gasteiger partial charge in [-0.05, 0) is 44.4 Å². The predicted octanol–water partition coefficient (Wildman–Crippen LogP) is 2.37. The molecule has 3 rings (SSSR count). The molecule has 2 aliphatic heterocycles. The lowest BCUT2D eigenvalue weighted by atomic mass is 9.86. The topological polar surface area (TPSA) is 18.5 Å². The zero-order valence-corrected chi connectivity index (χ0v) is 9.00. The SMILES string of the molecule is C[C@@H]1C[C@]2(CCO1)CC[C@@H]1C[C@H]1CO2. The van der Waals surface area contributed by atoms with Crippen LogP contribution in [0.25, 0.3) is 0 Å². The Bertz CT molecular complexity index is 214. The first kappa shape index (κ1) is 9.17. The third-order valence-electron chi connectivity index (χ3n) is 4.26. The predicted molar refractivity (Wildman–Crippen MR) is 54.2 cm³/mol. The summed E-state index contributed by atoms with van der Waals surface area (Å²) in [7, 11) is 0. The third-order valence-corrected chi connectivity index (χ3v) is 4.26. The first-order valence-corrected chi connectivity index (χ1v) is 6.03. The van der Waals surface area contributed by atoms with E-state index in [9.17, 15) is 0 Å². The molecular weight excluding hydrogens is 176 g/mol. The summed E-state index contributed by atoms with van der Waals surface area (Å²) in [6.07, 6.45) is 6.75. The Morgan fingerprint density at radius 1 is 1.21 bits per heavy atom. The Hall–Kier alpha value is -0.0800. The van der Waals surface area contributed by atoms with E-state index in [0.717, 1.165) is 37.9 Å². The van der Waals surface area contributed by atoms with Gasteiger partial charge in [-0.3, -0.25) is 0 Å². The smallest absolute Gasteiger partial charge is 0.0729 e. The molecule has 0 aromatic rings. The number of fused-ring (bicyclic) bond motifs is 1. The first-order valence-electron chi connectivity index (χ1n) is 6.03. The van der Waals surface area contributed by atoms with Crippen LogP contribution in [0.3, 0.4) is 0 Å². The summed E-state index contributed by atoms with van der Waals surface area (Å²) in [5.74, 6) is 1.92. The van der Waals surface area contributed by atoms with Crippen LogP contribution in [-0.4, -0.2) is 24.9 Å². The van der Waals surface area contributed by atoms with Gasteiger partial charge in [0.05, 0.1) is 18.3 Å². The second-order valence-corrected chi connectivity index (χ2v) is 5.42. The molecule has 1 saturated carbocycles. The fraction of sp³-hybridized carbons (Fsp3) is 1.00. The van der Waals surface area contributed by atoms with Crippen LogP contribution in [0.15, 0.2) is 0 Å². The summed E-state index contributed by atoms with van der Waals surface area (Å²) < 4.78 is 11.8. The largest absolute Gasteiger partial charge is 0.378 e. The lowest BCUT2D eigenvalue weighted by Crippen LogP contribution is -2.42. The average Bonchev–Trinajstić information content (AvgIpc) is 2.90. The minimum Gasteiger partial charge on any atom is -0.378 e. The quantitative estimate of drug-likeness (QED) is 0.592. The molecular formula is C12H20O2. The van der Waals surface area contributed by atoms with Gasteiger partial charge in [-0.2, -0.15) is 0 Å². The van der Waals surface area contributed by atoms with E-state index in [1.165, 1.54) is 19.3 Å². The van der Waals surface area contributed by atoms with E-state index in [4.69, 9.17) is 9.47 Å². The fourth-order valence-corrected chi connectivity index (χ4v) is 3.16. The van der Waals surface area contributed by atoms with Gasteiger partial charge >= 0.3 is 0 Å². The average molecular weight is 196 g/mol. The van der Waals surface area contributed by atoms with Crippen molar-refractivity contribution in [3.63, 3.8) is 0 Å². The molecule has 14 heavy (non-hydrogen) atoms. The van der Waals surface area contributed by atoms with Crippen molar-refractivity contribution in [3.8, 4) is 0 Å². The Kier molecular flexibility index (Phi) is 2.10. The van der Waals surface area contributed by atoms with E-state index < -0.39 is 0 Å². The lowest BCUT2D eigenvalue weighted by Gasteiger charge is -2.39. The van der Waals surface area contributed by atoms with Gasteiger partial charge < -0.3 is 9.47 Å².